The van der Waals surface area contributed by atoms with Crippen LogP contribution in [0.2, 0.25) is 0 Å². The molecule has 2 aromatic rings. The van der Waals surface area contributed by atoms with Crippen molar-refractivity contribution in [2.45, 2.75) is 40.2 Å². The molecule has 0 saturated carbocycles. The Hall–Kier alpha value is -2.86. The zero-order chi connectivity index (χ0) is 19.1. The molecule has 1 heterocycles. The first kappa shape index (κ1) is 17.9. The van der Waals surface area contributed by atoms with Crippen LogP contribution in [0.3, 0.4) is 0 Å². The maximum absolute atomic E-state index is 13.7. The lowest BCUT2D eigenvalue weighted by Gasteiger charge is -2.46. The van der Waals surface area contributed by atoms with Crippen molar-refractivity contribution in [1.82, 2.24) is 4.90 Å². The monoisotopic (exact) mass is 344 g/mol. The molecule has 3 rings (SSSR count). The van der Waals surface area contributed by atoms with Crippen molar-refractivity contribution >= 4 is 12.0 Å². The molecule has 1 aliphatic heterocycles. The van der Waals surface area contributed by atoms with E-state index in [9.17, 15) is 10.1 Å². The molecule has 3 heteroatoms. The lowest BCUT2D eigenvalue weighted by atomic mass is 9.74. The topological polar surface area (TPSA) is 44.1 Å². The van der Waals surface area contributed by atoms with Gasteiger partial charge in [0, 0.05) is 11.3 Å². The Morgan fingerprint density at radius 3 is 2.23 bits per heavy atom. The Morgan fingerprint density at radius 1 is 1.04 bits per heavy atom. The number of carbonyl (C=O) groups excluding carboxylic acids is 1. The number of allylic oxidation sites excluding steroid dienone is 1. The van der Waals surface area contributed by atoms with Crippen LogP contribution in [0.4, 0.5) is 0 Å². The molecule has 1 aliphatic rings. The average Bonchev–Trinajstić information content (AvgIpc) is 2.59. The van der Waals surface area contributed by atoms with Crippen molar-refractivity contribution in [3.8, 4) is 6.07 Å². The summed E-state index contributed by atoms with van der Waals surface area (Å²) in [5.74, 6) is -0.176. The van der Waals surface area contributed by atoms with E-state index in [1.54, 1.807) is 4.90 Å². The average molecular weight is 344 g/mol. The Balaban J connectivity index is 2.30. The summed E-state index contributed by atoms with van der Waals surface area (Å²) in [6.07, 6.45) is 2.00. The van der Waals surface area contributed by atoms with Gasteiger partial charge in [0.1, 0.15) is 0 Å². The minimum absolute atomic E-state index is 0.0643. The van der Waals surface area contributed by atoms with E-state index in [1.807, 2.05) is 83.2 Å². The highest BCUT2D eigenvalue weighted by Crippen LogP contribution is 2.45. The second-order valence-electron chi connectivity index (χ2n) is 7.31. The maximum Gasteiger partial charge on any atom is 0.260 e. The van der Waals surface area contributed by atoms with Crippen LogP contribution in [0.1, 0.15) is 53.4 Å². The highest BCUT2D eigenvalue weighted by molar-refractivity contribution is 6.00. The van der Waals surface area contributed by atoms with Gasteiger partial charge in [-0.15, -0.1) is 0 Å². The lowest BCUT2D eigenvalue weighted by molar-refractivity contribution is 0.0585. The van der Waals surface area contributed by atoms with E-state index in [0.717, 1.165) is 28.0 Å². The molecule has 0 aliphatic carbocycles. The number of amides is 1. The van der Waals surface area contributed by atoms with Crippen LogP contribution in [0.15, 0.2) is 48.2 Å². The molecule has 0 aromatic heterocycles. The molecule has 0 spiro atoms. The predicted octanol–water partition coefficient (Wildman–Crippen LogP) is 5.20. The zero-order valence-electron chi connectivity index (χ0n) is 16.0. The predicted molar refractivity (Wildman–Crippen MR) is 104 cm³/mol. The third kappa shape index (κ3) is 2.45. The molecule has 3 nitrogen and oxygen atoms in total. The zero-order valence-corrected chi connectivity index (χ0v) is 16.0. The van der Waals surface area contributed by atoms with Crippen molar-refractivity contribution in [2.24, 2.45) is 5.92 Å². The Morgan fingerprint density at radius 2 is 1.65 bits per heavy atom. The fraction of sp³-hybridized carbons (Fsp3) is 0.304. The molecule has 0 saturated heterocycles. The number of carbonyl (C=O) groups is 1. The van der Waals surface area contributed by atoms with Gasteiger partial charge in [-0.1, -0.05) is 56.3 Å². The van der Waals surface area contributed by atoms with Crippen LogP contribution in [0.5, 0.6) is 0 Å². The van der Waals surface area contributed by atoms with Crippen molar-refractivity contribution in [1.29, 1.82) is 5.26 Å². The molecule has 0 unspecified atom stereocenters. The van der Waals surface area contributed by atoms with Gasteiger partial charge in [0.25, 0.3) is 5.91 Å². The van der Waals surface area contributed by atoms with Crippen molar-refractivity contribution in [3.05, 3.63) is 76.0 Å². The third-order valence-corrected chi connectivity index (χ3v) is 5.35. The van der Waals surface area contributed by atoms with Crippen LogP contribution in [-0.4, -0.2) is 10.8 Å². The molecule has 0 radical (unpaired) electrons. The normalized spacial score (nSPS) is 19.0. The van der Waals surface area contributed by atoms with Crippen LogP contribution in [0, 0.1) is 31.1 Å². The number of aryl methyl sites for hydroxylation is 2. The number of fused-ring (bicyclic) bond motifs is 1. The molecule has 1 amide bonds. The van der Waals surface area contributed by atoms with Gasteiger partial charge in [-0.3, -0.25) is 9.69 Å². The Labute approximate surface area is 155 Å². The number of hydrogen-bond acceptors (Lipinski definition) is 2. The van der Waals surface area contributed by atoms with E-state index in [-0.39, 0.29) is 11.8 Å². The minimum atomic E-state index is -1.03. The smallest absolute Gasteiger partial charge is 0.260 e. The van der Waals surface area contributed by atoms with E-state index in [2.05, 4.69) is 6.07 Å². The summed E-state index contributed by atoms with van der Waals surface area (Å²) in [6, 6.07) is 16.2. The second kappa shape index (κ2) is 6.46. The van der Waals surface area contributed by atoms with Crippen LogP contribution in [0.25, 0.3) is 6.08 Å². The summed E-state index contributed by atoms with van der Waals surface area (Å²) in [5, 5.41) is 10.3. The lowest BCUT2D eigenvalue weighted by Crippen LogP contribution is -2.53. The van der Waals surface area contributed by atoms with E-state index in [4.69, 9.17) is 0 Å². The van der Waals surface area contributed by atoms with Crippen LogP contribution >= 0.6 is 0 Å². The molecule has 26 heavy (non-hydrogen) atoms. The molecular formula is C23H24N2O. The third-order valence-electron chi connectivity index (χ3n) is 5.35. The number of benzene rings is 2. The Bertz CT molecular complexity index is 929. The summed E-state index contributed by atoms with van der Waals surface area (Å²) in [5.41, 5.74) is 4.20. The standard InChI is InChI=1S/C23H24N2O/c1-15(2)23(14-24)20-12-7-6-11-19(20)13-18(5)25(23)22(26)21-16(3)9-8-10-17(21)4/h6-13,15H,1-5H3/t23-/m0/s1. The van der Waals surface area contributed by atoms with Crippen LogP contribution in [-0.2, 0) is 5.54 Å². The van der Waals surface area contributed by atoms with Gasteiger partial charge in [-0.05, 0) is 55.0 Å². The van der Waals surface area contributed by atoms with Gasteiger partial charge in [0.2, 0.25) is 0 Å². The molecular weight excluding hydrogens is 320 g/mol. The van der Waals surface area contributed by atoms with Crippen molar-refractivity contribution < 1.29 is 4.79 Å². The molecule has 1 atom stereocenters. The number of rotatable bonds is 2. The number of hydrogen-bond donors (Lipinski definition) is 0. The van der Waals surface area contributed by atoms with Gasteiger partial charge in [-0.25, -0.2) is 0 Å². The number of nitrogens with zero attached hydrogens (tertiary/aromatic N) is 2. The van der Waals surface area contributed by atoms with E-state index < -0.39 is 5.54 Å². The maximum atomic E-state index is 13.7. The van der Waals surface area contributed by atoms with Gasteiger partial charge >= 0.3 is 0 Å². The van der Waals surface area contributed by atoms with E-state index in [0.29, 0.717) is 5.56 Å². The molecule has 2 aromatic carbocycles. The molecule has 132 valence electrons. The van der Waals surface area contributed by atoms with Crippen molar-refractivity contribution in [2.75, 3.05) is 0 Å². The fourth-order valence-corrected chi connectivity index (χ4v) is 4.05. The second-order valence-corrected chi connectivity index (χ2v) is 7.31. The van der Waals surface area contributed by atoms with Crippen molar-refractivity contribution in [3.63, 3.8) is 0 Å². The number of nitriles is 1. The van der Waals surface area contributed by atoms with Gasteiger partial charge in [0.15, 0.2) is 5.54 Å². The quantitative estimate of drug-likeness (QED) is 0.752. The summed E-state index contributed by atoms with van der Waals surface area (Å²) >= 11 is 0. The molecule has 0 bridgehead atoms. The van der Waals surface area contributed by atoms with Crippen LogP contribution < -0.4 is 0 Å². The Kier molecular flexibility index (Phi) is 4.46. The first-order valence-electron chi connectivity index (χ1n) is 8.94. The molecule has 0 N–H and O–H groups in total. The van der Waals surface area contributed by atoms with Gasteiger partial charge in [0.05, 0.1) is 6.07 Å². The highest BCUT2D eigenvalue weighted by Gasteiger charge is 2.49. The SMILES string of the molecule is CC1=Cc2ccccc2[C@](C#N)(C(C)C)N1C(=O)c1c(C)cccc1C. The van der Waals surface area contributed by atoms with Gasteiger partial charge in [-0.2, -0.15) is 5.26 Å². The van der Waals surface area contributed by atoms with Gasteiger partial charge < -0.3 is 0 Å². The first-order chi connectivity index (χ1) is 12.3. The fourth-order valence-electron chi connectivity index (χ4n) is 4.05. The summed E-state index contributed by atoms with van der Waals surface area (Å²) in [7, 11) is 0. The van der Waals surface area contributed by atoms with E-state index >= 15 is 0 Å². The summed E-state index contributed by atoms with van der Waals surface area (Å²) < 4.78 is 0. The molecule has 0 fully saturated rings. The first-order valence-corrected chi connectivity index (χ1v) is 8.94. The largest absolute Gasteiger partial charge is 0.289 e. The minimum Gasteiger partial charge on any atom is -0.289 e. The summed E-state index contributed by atoms with van der Waals surface area (Å²) in [4.78, 5) is 15.4. The summed E-state index contributed by atoms with van der Waals surface area (Å²) in [6.45, 7) is 9.81. The van der Waals surface area contributed by atoms with E-state index in [1.165, 1.54) is 0 Å². The highest BCUT2D eigenvalue weighted by atomic mass is 16.2.